The summed E-state index contributed by atoms with van der Waals surface area (Å²) in [6.45, 7) is -2.40. The van der Waals surface area contributed by atoms with E-state index in [1.807, 2.05) is 0 Å². The first-order valence-electron chi connectivity index (χ1n) is 8.41. The third kappa shape index (κ3) is 1.27. The van der Waals surface area contributed by atoms with Gasteiger partial charge in [-0.25, -0.2) is 4.98 Å². The summed E-state index contributed by atoms with van der Waals surface area (Å²) in [6, 6.07) is 0. The van der Waals surface area contributed by atoms with Gasteiger partial charge in [0.2, 0.25) is 5.28 Å². The van der Waals surface area contributed by atoms with Crippen LogP contribution in [-0.2, 0) is 5.54 Å². The highest BCUT2D eigenvalue weighted by Crippen LogP contribution is 2.48. The maximum absolute atomic E-state index is 8.46. The second-order valence-electron chi connectivity index (χ2n) is 4.61. The Hall–Kier alpha value is -1.69. The van der Waals surface area contributed by atoms with Gasteiger partial charge in [0.1, 0.15) is 17.6 Å². The summed E-state index contributed by atoms with van der Waals surface area (Å²) in [7, 11) is 0. The van der Waals surface area contributed by atoms with Crippen molar-refractivity contribution < 1.29 is 6.85 Å². The number of anilines is 1. The van der Waals surface area contributed by atoms with Crippen LogP contribution in [0.3, 0.4) is 0 Å². The van der Waals surface area contributed by atoms with Crippen molar-refractivity contribution in [2.45, 2.75) is 31.6 Å². The van der Waals surface area contributed by atoms with Crippen LogP contribution >= 0.6 is 11.6 Å². The Labute approximate surface area is 122 Å². The van der Waals surface area contributed by atoms with Gasteiger partial charge in [-0.15, -0.1) is 10.2 Å². The van der Waals surface area contributed by atoms with E-state index in [2.05, 4.69) is 20.2 Å². The topological polar surface area (TPSA) is 59.7 Å². The minimum absolute atomic E-state index is 0.0144. The summed E-state index contributed by atoms with van der Waals surface area (Å²) in [5.41, 5.74) is -0.933. The molecular formula is C12H13ClN6. The maximum atomic E-state index is 8.46. The number of rotatable bonds is 1. The van der Waals surface area contributed by atoms with Gasteiger partial charge in [0.05, 0.1) is 6.20 Å². The molecule has 2 aromatic heterocycles. The second kappa shape index (κ2) is 3.66. The van der Waals surface area contributed by atoms with Gasteiger partial charge in [-0.1, -0.05) is 6.85 Å². The maximum Gasteiger partial charge on any atom is 0.224 e. The molecule has 4 heterocycles. The van der Waals surface area contributed by atoms with Crippen molar-refractivity contribution in [1.29, 1.82) is 0 Å². The highest BCUT2D eigenvalue weighted by atomic mass is 35.5. The van der Waals surface area contributed by atoms with Crippen LogP contribution in [0.2, 0.25) is 5.28 Å². The number of fused-ring (bicyclic) bond motifs is 6. The van der Waals surface area contributed by atoms with Crippen LogP contribution < -0.4 is 4.90 Å². The van der Waals surface area contributed by atoms with Crippen LogP contribution in [0, 0.1) is 0 Å². The van der Waals surface area contributed by atoms with E-state index in [0.29, 0.717) is 24.5 Å². The molecule has 1 saturated heterocycles. The van der Waals surface area contributed by atoms with E-state index in [4.69, 9.17) is 18.5 Å². The SMILES string of the molecule is [2H]C([2H])([2H])C([2H])([2H])[C@@]12CCCN1c1nc(Cl)ncc1-n1cnnc12. The van der Waals surface area contributed by atoms with Gasteiger partial charge in [0.15, 0.2) is 11.6 Å². The number of nitrogens with zero attached hydrogens (tertiary/aromatic N) is 6. The number of halogens is 1. The van der Waals surface area contributed by atoms with Gasteiger partial charge < -0.3 is 4.90 Å². The zero-order chi connectivity index (χ0) is 17.3. The molecule has 4 rings (SSSR count). The zero-order valence-corrected chi connectivity index (χ0v) is 10.6. The molecule has 0 bridgehead atoms. The number of hydrogen-bond donors (Lipinski definition) is 0. The van der Waals surface area contributed by atoms with Crippen molar-refractivity contribution in [3.63, 3.8) is 0 Å². The molecule has 0 spiro atoms. The Balaban J connectivity index is 2.06. The first-order chi connectivity index (χ1) is 11.2. The first kappa shape index (κ1) is 7.19. The molecule has 2 aromatic rings. The lowest BCUT2D eigenvalue weighted by atomic mass is 9.90. The smallest absolute Gasteiger partial charge is 0.224 e. The lowest BCUT2D eigenvalue weighted by Crippen LogP contribution is -2.46. The molecule has 7 heteroatoms. The first-order valence-corrected chi connectivity index (χ1v) is 6.29. The summed E-state index contributed by atoms with van der Waals surface area (Å²) in [6.07, 6.45) is 1.25. The Kier molecular flexibility index (Phi) is 1.39. The summed E-state index contributed by atoms with van der Waals surface area (Å²) < 4.78 is 41.7. The van der Waals surface area contributed by atoms with E-state index >= 15 is 0 Å². The number of aromatic nitrogens is 5. The van der Waals surface area contributed by atoms with E-state index in [9.17, 15) is 0 Å². The molecule has 0 aliphatic carbocycles. The monoisotopic (exact) mass is 281 g/mol. The molecule has 0 radical (unpaired) electrons. The Bertz CT molecular complexity index is 821. The van der Waals surface area contributed by atoms with Gasteiger partial charge in [-0.2, -0.15) is 4.98 Å². The fourth-order valence-corrected chi connectivity index (χ4v) is 3.06. The highest BCUT2D eigenvalue weighted by Gasteiger charge is 2.49. The van der Waals surface area contributed by atoms with Crippen LogP contribution in [0.1, 0.15) is 38.7 Å². The summed E-state index contributed by atoms with van der Waals surface area (Å²) in [5.74, 6) is 0.646. The Morgan fingerprint density at radius 2 is 2.58 bits per heavy atom. The molecule has 0 saturated carbocycles. The lowest BCUT2D eigenvalue weighted by molar-refractivity contribution is 0.382. The Morgan fingerprint density at radius 1 is 1.63 bits per heavy atom. The fourth-order valence-electron chi connectivity index (χ4n) is 2.93. The molecule has 0 aromatic carbocycles. The third-order valence-electron chi connectivity index (χ3n) is 3.74. The molecular weight excluding hydrogens is 264 g/mol. The highest BCUT2D eigenvalue weighted by molar-refractivity contribution is 6.28. The van der Waals surface area contributed by atoms with Crippen LogP contribution in [0.5, 0.6) is 0 Å². The van der Waals surface area contributed by atoms with Gasteiger partial charge in [-0.3, -0.25) is 4.57 Å². The quantitative estimate of drug-likeness (QED) is 0.748. The summed E-state index contributed by atoms with van der Waals surface area (Å²) >= 11 is 5.92. The molecule has 19 heavy (non-hydrogen) atoms. The van der Waals surface area contributed by atoms with Gasteiger partial charge >= 0.3 is 0 Å². The largest absolute Gasteiger partial charge is 0.342 e. The Morgan fingerprint density at radius 3 is 3.47 bits per heavy atom. The van der Waals surface area contributed by atoms with E-state index in [1.165, 1.54) is 12.5 Å². The second-order valence-corrected chi connectivity index (χ2v) is 4.95. The average Bonchev–Trinajstić information content (AvgIpc) is 3.13. The normalized spacial score (nSPS) is 29.3. The van der Waals surface area contributed by atoms with Crippen LogP contribution in [0.15, 0.2) is 12.5 Å². The molecule has 1 fully saturated rings. The van der Waals surface area contributed by atoms with Crippen molar-refractivity contribution in [1.82, 2.24) is 24.7 Å². The van der Waals surface area contributed by atoms with E-state index in [-0.39, 0.29) is 17.5 Å². The van der Waals surface area contributed by atoms with Crippen LogP contribution in [0.4, 0.5) is 5.82 Å². The number of hydrogen-bond acceptors (Lipinski definition) is 5. The molecule has 98 valence electrons. The van der Waals surface area contributed by atoms with Crippen molar-refractivity contribution >= 4 is 17.4 Å². The molecule has 2 aliphatic heterocycles. The van der Waals surface area contributed by atoms with E-state index in [0.717, 1.165) is 0 Å². The summed E-state index contributed by atoms with van der Waals surface area (Å²) in [5, 5.41) is 7.95. The minimum atomic E-state index is -2.85. The van der Waals surface area contributed by atoms with Crippen molar-refractivity contribution in [3.8, 4) is 5.69 Å². The average molecular weight is 282 g/mol. The molecule has 0 amide bonds. The van der Waals surface area contributed by atoms with Gasteiger partial charge in [-0.05, 0) is 30.8 Å². The molecule has 1 atom stereocenters. The van der Waals surface area contributed by atoms with E-state index < -0.39 is 18.8 Å². The zero-order valence-electron chi connectivity index (χ0n) is 14.8. The molecule has 6 nitrogen and oxygen atoms in total. The molecule has 0 unspecified atom stereocenters. The fraction of sp³-hybridized carbons (Fsp3) is 0.500. The van der Waals surface area contributed by atoms with Crippen molar-refractivity contribution in [2.75, 3.05) is 11.4 Å². The van der Waals surface area contributed by atoms with Gasteiger partial charge in [0, 0.05) is 13.4 Å². The van der Waals surface area contributed by atoms with Crippen LogP contribution in [0.25, 0.3) is 5.69 Å². The van der Waals surface area contributed by atoms with E-state index in [1.54, 1.807) is 9.47 Å². The predicted molar refractivity (Wildman–Crippen MR) is 70.5 cm³/mol. The molecule has 0 N–H and O–H groups in total. The standard InChI is InChI=1S/C12H13ClN6/c1-2-12-4-3-5-19(12)9-8(6-14-11(13)16-9)18-7-15-17-10(12)18/h6-7H,2-5H2,1H3/t12-/m0/s1/i1D3,2D2. The van der Waals surface area contributed by atoms with Crippen molar-refractivity contribution in [3.05, 3.63) is 23.6 Å². The van der Waals surface area contributed by atoms with Crippen molar-refractivity contribution in [2.24, 2.45) is 0 Å². The lowest BCUT2D eigenvalue weighted by Gasteiger charge is -2.42. The molecule has 2 aliphatic rings. The summed E-state index contributed by atoms with van der Waals surface area (Å²) in [4.78, 5) is 9.85. The predicted octanol–water partition coefficient (Wildman–Crippen LogP) is 1.93. The van der Waals surface area contributed by atoms with Crippen LogP contribution in [-0.4, -0.2) is 31.3 Å². The minimum Gasteiger partial charge on any atom is -0.342 e. The third-order valence-corrected chi connectivity index (χ3v) is 3.92. The van der Waals surface area contributed by atoms with Gasteiger partial charge in [0.25, 0.3) is 0 Å².